The van der Waals surface area contributed by atoms with Gasteiger partial charge in [-0.05, 0) is 80.3 Å². The highest BCUT2D eigenvalue weighted by atomic mass is 16.5. The Bertz CT molecular complexity index is 1440. The first-order chi connectivity index (χ1) is 17.0. The van der Waals surface area contributed by atoms with Crippen LogP contribution in [0, 0.1) is 20.8 Å². The molecule has 8 heteroatoms. The number of esters is 1. The second-order valence-corrected chi connectivity index (χ2v) is 9.01. The van der Waals surface area contributed by atoms with Gasteiger partial charge in [-0.1, -0.05) is 12.1 Å². The molecule has 0 spiro atoms. The van der Waals surface area contributed by atoms with Crippen LogP contribution >= 0.6 is 0 Å². The summed E-state index contributed by atoms with van der Waals surface area (Å²) >= 11 is 0. The minimum atomic E-state index is -1.74. The zero-order chi connectivity index (χ0) is 26.2. The molecule has 4 rings (SSSR count). The number of hydrogen-bond acceptors (Lipinski definition) is 7. The van der Waals surface area contributed by atoms with Gasteiger partial charge in [-0.3, -0.25) is 0 Å². The molecule has 1 heterocycles. The minimum Gasteiger partial charge on any atom is -0.507 e. The number of nitrogens with zero attached hydrogens (tertiary/aromatic N) is 2. The summed E-state index contributed by atoms with van der Waals surface area (Å²) in [6, 6.07) is 14.1. The van der Waals surface area contributed by atoms with Crippen LogP contribution in [0.1, 0.15) is 35.0 Å². The van der Waals surface area contributed by atoms with E-state index >= 15 is 0 Å². The number of fused-ring (bicyclic) bond motifs is 1. The van der Waals surface area contributed by atoms with E-state index in [2.05, 4.69) is 9.72 Å². The molecule has 0 bridgehead atoms. The van der Waals surface area contributed by atoms with Gasteiger partial charge in [-0.25, -0.2) is 9.78 Å². The smallest absolute Gasteiger partial charge is 0.342 e. The number of rotatable bonds is 7. The summed E-state index contributed by atoms with van der Waals surface area (Å²) in [5.74, 6) is 2.21. The predicted octanol–water partition coefficient (Wildman–Crippen LogP) is 4.96. The van der Waals surface area contributed by atoms with Gasteiger partial charge >= 0.3 is 5.97 Å². The second kappa shape index (κ2) is 9.54. The van der Waals surface area contributed by atoms with Gasteiger partial charge in [0.25, 0.3) is 0 Å². The Labute approximate surface area is 209 Å². The molecule has 0 amide bonds. The Morgan fingerprint density at radius 1 is 1.03 bits per heavy atom. The highest BCUT2D eigenvalue weighted by molar-refractivity contribution is 5.80. The fourth-order valence-electron chi connectivity index (χ4n) is 4.02. The van der Waals surface area contributed by atoms with Gasteiger partial charge in [0.15, 0.2) is 5.60 Å². The largest absolute Gasteiger partial charge is 0.507 e. The van der Waals surface area contributed by atoms with E-state index in [-0.39, 0.29) is 12.4 Å². The number of methoxy groups -OCH3 is 1. The van der Waals surface area contributed by atoms with Crippen molar-refractivity contribution in [1.82, 2.24) is 9.55 Å². The van der Waals surface area contributed by atoms with E-state index in [0.29, 0.717) is 22.8 Å². The standard InChI is InChI=1S/C28H30N2O6/c1-16-13-24(17(2)18(3)26(16)31)36-21-11-12-22-23(14-21)30(5)25(29-22)15-35-20-9-7-19(8-10-20)28(4,33)27(32)34-6/h7-14,31,33H,15H2,1-6H3. The number of aliphatic hydroxyl groups is 1. The molecule has 0 aliphatic rings. The lowest BCUT2D eigenvalue weighted by Crippen LogP contribution is -2.33. The summed E-state index contributed by atoms with van der Waals surface area (Å²) < 4.78 is 18.7. The molecule has 2 N–H and O–H groups in total. The van der Waals surface area contributed by atoms with Crippen LogP contribution in [0.2, 0.25) is 0 Å². The third-order valence-electron chi connectivity index (χ3n) is 6.55. The van der Waals surface area contributed by atoms with Gasteiger partial charge in [0.05, 0.1) is 18.1 Å². The first kappa shape index (κ1) is 25.1. The number of ether oxygens (including phenoxy) is 3. The number of aryl methyl sites for hydroxylation is 2. The van der Waals surface area contributed by atoms with Crippen molar-refractivity contribution in [3.05, 3.63) is 76.6 Å². The molecule has 0 saturated heterocycles. The van der Waals surface area contributed by atoms with Crippen LogP contribution in [0.15, 0.2) is 48.5 Å². The van der Waals surface area contributed by atoms with Crippen LogP contribution in [-0.4, -0.2) is 32.8 Å². The lowest BCUT2D eigenvalue weighted by Gasteiger charge is -2.20. The van der Waals surface area contributed by atoms with E-state index in [0.717, 1.165) is 33.5 Å². The lowest BCUT2D eigenvalue weighted by atomic mass is 9.96. The van der Waals surface area contributed by atoms with E-state index in [1.807, 2.05) is 56.7 Å². The molecule has 188 valence electrons. The zero-order valence-corrected chi connectivity index (χ0v) is 21.2. The number of carbonyl (C=O) groups excluding carboxylic acids is 1. The van der Waals surface area contributed by atoms with Crippen LogP contribution in [0.5, 0.6) is 23.0 Å². The summed E-state index contributed by atoms with van der Waals surface area (Å²) in [5, 5.41) is 20.6. The average molecular weight is 491 g/mol. The number of phenolic OH excluding ortho intramolecular Hbond substituents is 1. The van der Waals surface area contributed by atoms with Crippen molar-refractivity contribution in [2.24, 2.45) is 7.05 Å². The highest BCUT2D eigenvalue weighted by Gasteiger charge is 2.33. The highest BCUT2D eigenvalue weighted by Crippen LogP contribution is 2.35. The van der Waals surface area contributed by atoms with Crippen LogP contribution in [0.4, 0.5) is 0 Å². The molecule has 8 nitrogen and oxygen atoms in total. The maximum atomic E-state index is 11.8. The number of aromatic nitrogens is 2. The molecule has 0 aliphatic heterocycles. The molecule has 0 saturated carbocycles. The molecule has 36 heavy (non-hydrogen) atoms. The Hall–Kier alpha value is -4.04. The number of phenols is 1. The maximum absolute atomic E-state index is 11.8. The quantitative estimate of drug-likeness (QED) is 0.353. The number of imidazole rings is 1. The fraction of sp³-hybridized carbons (Fsp3) is 0.286. The fourth-order valence-corrected chi connectivity index (χ4v) is 4.02. The maximum Gasteiger partial charge on any atom is 0.342 e. The summed E-state index contributed by atoms with van der Waals surface area (Å²) in [5.41, 5.74) is 2.82. The lowest BCUT2D eigenvalue weighted by molar-refractivity contribution is -0.161. The molecule has 1 aromatic heterocycles. The van der Waals surface area contributed by atoms with Crippen LogP contribution in [-0.2, 0) is 28.8 Å². The molecule has 4 aromatic rings. The van der Waals surface area contributed by atoms with Crippen LogP contribution < -0.4 is 9.47 Å². The van der Waals surface area contributed by atoms with Crippen LogP contribution in [0.3, 0.4) is 0 Å². The summed E-state index contributed by atoms with van der Waals surface area (Å²) in [7, 11) is 3.14. The first-order valence-corrected chi connectivity index (χ1v) is 11.5. The summed E-state index contributed by atoms with van der Waals surface area (Å²) in [6.45, 7) is 7.25. The first-order valence-electron chi connectivity index (χ1n) is 11.5. The van der Waals surface area contributed by atoms with Gasteiger partial charge in [0.2, 0.25) is 0 Å². The van der Waals surface area contributed by atoms with Crippen molar-refractivity contribution >= 4 is 17.0 Å². The van der Waals surface area contributed by atoms with E-state index in [4.69, 9.17) is 9.47 Å². The topological polar surface area (TPSA) is 103 Å². The monoisotopic (exact) mass is 490 g/mol. The molecule has 3 aromatic carbocycles. The molecular weight excluding hydrogens is 460 g/mol. The normalized spacial score (nSPS) is 12.9. The van der Waals surface area contributed by atoms with E-state index in [1.54, 1.807) is 24.3 Å². The van der Waals surface area contributed by atoms with E-state index < -0.39 is 11.6 Å². The van der Waals surface area contributed by atoms with Crippen molar-refractivity contribution in [2.75, 3.05) is 7.11 Å². The third-order valence-corrected chi connectivity index (χ3v) is 6.55. The Morgan fingerprint density at radius 3 is 2.36 bits per heavy atom. The summed E-state index contributed by atoms with van der Waals surface area (Å²) in [6.07, 6.45) is 0. The zero-order valence-electron chi connectivity index (χ0n) is 21.2. The van der Waals surface area contributed by atoms with Crippen molar-refractivity contribution in [1.29, 1.82) is 0 Å². The van der Waals surface area contributed by atoms with Gasteiger partial charge in [-0.15, -0.1) is 0 Å². The van der Waals surface area contributed by atoms with Crippen molar-refractivity contribution in [2.45, 2.75) is 39.9 Å². The average Bonchev–Trinajstić information content (AvgIpc) is 3.19. The Kier molecular flexibility index (Phi) is 6.65. The Morgan fingerprint density at radius 2 is 1.69 bits per heavy atom. The summed E-state index contributed by atoms with van der Waals surface area (Å²) in [4.78, 5) is 16.5. The SMILES string of the molecule is COC(=O)C(C)(O)c1ccc(OCc2nc3ccc(Oc4cc(C)c(O)c(C)c4C)cc3n2C)cc1. The predicted molar refractivity (Wildman–Crippen MR) is 135 cm³/mol. The van der Waals surface area contributed by atoms with Gasteiger partial charge < -0.3 is 29.0 Å². The Balaban J connectivity index is 1.51. The van der Waals surface area contributed by atoms with Gasteiger partial charge in [0.1, 0.15) is 35.4 Å². The van der Waals surface area contributed by atoms with Gasteiger partial charge in [-0.2, -0.15) is 0 Å². The number of carbonyl (C=O) groups is 1. The van der Waals surface area contributed by atoms with Crippen molar-refractivity contribution in [3.8, 4) is 23.0 Å². The molecular formula is C28H30N2O6. The van der Waals surface area contributed by atoms with E-state index in [1.165, 1.54) is 14.0 Å². The van der Waals surface area contributed by atoms with Gasteiger partial charge in [0, 0.05) is 13.1 Å². The second-order valence-electron chi connectivity index (χ2n) is 9.01. The van der Waals surface area contributed by atoms with Crippen molar-refractivity contribution < 1.29 is 29.2 Å². The number of hydrogen-bond donors (Lipinski definition) is 2. The third kappa shape index (κ3) is 4.59. The molecule has 0 aliphatic carbocycles. The molecule has 0 radical (unpaired) electrons. The number of benzene rings is 3. The molecule has 0 fully saturated rings. The molecule has 1 atom stereocenters. The van der Waals surface area contributed by atoms with Crippen molar-refractivity contribution in [3.63, 3.8) is 0 Å². The van der Waals surface area contributed by atoms with Crippen LogP contribution in [0.25, 0.3) is 11.0 Å². The van der Waals surface area contributed by atoms with E-state index in [9.17, 15) is 15.0 Å². The number of aromatic hydroxyl groups is 1. The molecule has 1 unspecified atom stereocenters. The minimum absolute atomic E-state index is 0.226.